The first-order valence-electron chi connectivity index (χ1n) is 8.79. The van der Waals surface area contributed by atoms with Crippen LogP contribution < -0.4 is 0 Å². The molecule has 1 amide bonds. The van der Waals surface area contributed by atoms with Crippen LogP contribution in [0.25, 0.3) is 0 Å². The number of methoxy groups -OCH3 is 1. The van der Waals surface area contributed by atoms with Crippen LogP contribution in [0.3, 0.4) is 0 Å². The van der Waals surface area contributed by atoms with E-state index in [9.17, 15) is 4.79 Å². The van der Waals surface area contributed by atoms with Gasteiger partial charge in [-0.05, 0) is 38.5 Å². The standard InChI is InChI=1S/C17H30N2O3/c1-18(17(20)13-4-3-8-22-12-13)16-10-14-5-6-15(11-16)19(14)7-9-21-2/h13-16H,3-12H2,1-2H3. The number of carbonyl (C=O) groups is 1. The second-order valence-corrected chi connectivity index (χ2v) is 7.10. The van der Waals surface area contributed by atoms with E-state index < -0.39 is 0 Å². The summed E-state index contributed by atoms with van der Waals surface area (Å²) >= 11 is 0. The lowest BCUT2D eigenvalue weighted by atomic mass is 9.94. The molecule has 126 valence electrons. The molecule has 3 unspecified atom stereocenters. The molecule has 3 aliphatic rings. The normalized spacial score (nSPS) is 35.5. The number of ether oxygens (including phenoxy) is 2. The third kappa shape index (κ3) is 3.31. The Bertz CT molecular complexity index is 370. The molecule has 3 heterocycles. The van der Waals surface area contributed by atoms with E-state index in [0.29, 0.717) is 30.6 Å². The van der Waals surface area contributed by atoms with E-state index in [2.05, 4.69) is 4.90 Å². The quantitative estimate of drug-likeness (QED) is 0.772. The Kier molecular flexibility index (Phi) is 5.37. The maximum absolute atomic E-state index is 12.7. The van der Waals surface area contributed by atoms with E-state index in [1.807, 2.05) is 11.9 Å². The van der Waals surface area contributed by atoms with Crippen LogP contribution >= 0.6 is 0 Å². The molecule has 0 saturated carbocycles. The minimum Gasteiger partial charge on any atom is -0.383 e. The van der Waals surface area contributed by atoms with E-state index in [4.69, 9.17) is 9.47 Å². The molecular formula is C17H30N2O3. The number of rotatable bonds is 5. The van der Waals surface area contributed by atoms with Gasteiger partial charge in [-0.25, -0.2) is 0 Å². The summed E-state index contributed by atoms with van der Waals surface area (Å²) < 4.78 is 10.7. The minimum absolute atomic E-state index is 0.0860. The van der Waals surface area contributed by atoms with Crippen LogP contribution in [0.4, 0.5) is 0 Å². The smallest absolute Gasteiger partial charge is 0.228 e. The van der Waals surface area contributed by atoms with Gasteiger partial charge in [0.05, 0.1) is 19.1 Å². The molecule has 0 radical (unpaired) electrons. The number of nitrogens with zero attached hydrogens (tertiary/aromatic N) is 2. The fourth-order valence-electron chi connectivity index (χ4n) is 4.53. The molecule has 3 aliphatic heterocycles. The van der Waals surface area contributed by atoms with Crippen molar-refractivity contribution in [1.82, 2.24) is 9.80 Å². The summed E-state index contributed by atoms with van der Waals surface area (Å²) in [5.74, 6) is 0.386. The molecule has 0 aliphatic carbocycles. The van der Waals surface area contributed by atoms with Gasteiger partial charge in [0.15, 0.2) is 0 Å². The third-order valence-electron chi connectivity index (χ3n) is 5.82. The van der Waals surface area contributed by atoms with E-state index in [1.54, 1.807) is 7.11 Å². The van der Waals surface area contributed by atoms with Crippen LogP contribution in [-0.2, 0) is 14.3 Å². The molecule has 0 aromatic carbocycles. The molecule has 0 aromatic heterocycles. The maximum Gasteiger partial charge on any atom is 0.228 e. The number of amides is 1. The van der Waals surface area contributed by atoms with E-state index in [1.165, 1.54) is 12.8 Å². The molecule has 5 nitrogen and oxygen atoms in total. The highest BCUT2D eigenvalue weighted by Gasteiger charge is 2.42. The van der Waals surface area contributed by atoms with Gasteiger partial charge in [0.2, 0.25) is 5.91 Å². The topological polar surface area (TPSA) is 42.0 Å². The summed E-state index contributed by atoms with van der Waals surface area (Å²) in [4.78, 5) is 17.4. The number of hydrogen-bond donors (Lipinski definition) is 0. The molecule has 22 heavy (non-hydrogen) atoms. The van der Waals surface area contributed by atoms with Crippen molar-refractivity contribution in [3.63, 3.8) is 0 Å². The van der Waals surface area contributed by atoms with Crippen LogP contribution in [-0.4, -0.2) is 74.4 Å². The molecule has 0 spiro atoms. The van der Waals surface area contributed by atoms with Gasteiger partial charge in [-0.3, -0.25) is 9.69 Å². The summed E-state index contributed by atoms with van der Waals surface area (Å²) in [7, 11) is 3.78. The zero-order valence-electron chi connectivity index (χ0n) is 14.0. The van der Waals surface area contributed by atoms with E-state index >= 15 is 0 Å². The average Bonchev–Trinajstić information content (AvgIpc) is 2.80. The molecule has 0 aromatic rings. The van der Waals surface area contributed by atoms with Crippen molar-refractivity contribution in [2.45, 2.75) is 56.7 Å². The molecule has 0 N–H and O–H groups in total. The van der Waals surface area contributed by atoms with Crippen LogP contribution in [0.15, 0.2) is 0 Å². The van der Waals surface area contributed by atoms with Crippen molar-refractivity contribution in [2.24, 2.45) is 5.92 Å². The Morgan fingerprint density at radius 3 is 2.59 bits per heavy atom. The summed E-state index contributed by atoms with van der Waals surface area (Å²) in [5, 5.41) is 0. The highest BCUT2D eigenvalue weighted by atomic mass is 16.5. The largest absolute Gasteiger partial charge is 0.383 e. The monoisotopic (exact) mass is 310 g/mol. The van der Waals surface area contributed by atoms with Gasteiger partial charge < -0.3 is 14.4 Å². The number of hydrogen-bond acceptors (Lipinski definition) is 4. The van der Waals surface area contributed by atoms with Crippen LogP contribution in [0.2, 0.25) is 0 Å². The first-order chi connectivity index (χ1) is 10.7. The second kappa shape index (κ2) is 7.28. The van der Waals surface area contributed by atoms with Gasteiger partial charge >= 0.3 is 0 Å². The number of piperidine rings is 1. The fraction of sp³-hybridized carbons (Fsp3) is 0.941. The predicted octanol–water partition coefficient (Wildman–Crippen LogP) is 1.51. The van der Waals surface area contributed by atoms with Crippen molar-refractivity contribution in [3.8, 4) is 0 Å². The molecule has 2 bridgehead atoms. The Morgan fingerprint density at radius 1 is 1.27 bits per heavy atom. The Morgan fingerprint density at radius 2 is 2.00 bits per heavy atom. The molecule has 3 atom stereocenters. The summed E-state index contributed by atoms with van der Waals surface area (Å²) in [6.45, 7) is 3.27. The summed E-state index contributed by atoms with van der Waals surface area (Å²) in [6, 6.07) is 1.68. The first kappa shape index (κ1) is 16.2. The summed E-state index contributed by atoms with van der Waals surface area (Å²) in [5.41, 5.74) is 0. The third-order valence-corrected chi connectivity index (χ3v) is 5.82. The van der Waals surface area contributed by atoms with Gasteiger partial charge in [-0.15, -0.1) is 0 Å². The first-order valence-corrected chi connectivity index (χ1v) is 8.79. The van der Waals surface area contributed by atoms with Crippen molar-refractivity contribution in [2.75, 3.05) is 40.5 Å². The van der Waals surface area contributed by atoms with Gasteiger partial charge in [-0.1, -0.05) is 0 Å². The maximum atomic E-state index is 12.7. The zero-order valence-corrected chi connectivity index (χ0v) is 14.0. The van der Waals surface area contributed by atoms with Gasteiger partial charge in [0.25, 0.3) is 0 Å². The van der Waals surface area contributed by atoms with Crippen LogP contribution in [0, 0.1) is 5.92 Å². The fourth-order valence-corrected chi connectivity index (χ4v) is 4.53. The van der Waals surface area contributed by atoms with Crippen molar-refractivity contribution >= 4 is 5.91 Å². The zero-order chi connectivity index (χ0) is 15.5. The Balaban J connectivity index is 1.56. The average molecular weight is 310 g/mol. The lowest BCUT2D eigenvalue weighted by Gasteiger charge is -2.43. The van der Waals surface area contributed by atoms with Gasteiger partial charge in [0, 0.05) is 45.4 Å². The predicted molar refractivity (Wildman–Crippen MR) is 84.7 cm³/mol. The lowest BCUT2D eigenvalue weighted by molar-refractivity contribution is -0.142. The van der Waals surface area contributed by atoms with Crippen LogP contribution in [0.5, 0.6) is 0 Å². The molecule has 3 fully saturated rings. The molecule has 5 heteroatoms. The van der Waals surface area contributed by atoms with Gasteiger partial charge in [-0.2, -0.15) is 0 Å². The van der Waals surface area contributed by atoms with Crippen LogP contribution in [0.1, 0.15) is 38.5 Å². The second-order valence-electron chi connectivity index (χ2n) is 7.10. The number of fused-ring (bicyclic) bond motifs is 2. The van der Waals surface area contributed by atoms with Crippen molar-refractivity contribution < 1.29 is 14.3 Å². The van der Waals surface area contributed by atoms with Crippen molar-refractivity contribution in [3.05, 3.63) is 0 Å². The van der Waals surface area contributed by atoms with Crippen molar-refractivity contribution in [1.29, 1.82) is 0 Å². The molecule has 3 saturated heterocycles. The Labute approximate surface area is 133 Å². The number of carbonyl (C=O) groups excluding carboxylic acids is 1. The molecule has 3 rings (SSSR count). The lowest BCUT2D eigenvalue weighted by Crippen LogP contribution is -2.53. The van der Waals surface area contributed by atoms with Gasteiger partial charge in [0.1, 0.15) is 0 Å². The minimum atomic E-state index is 0.0860. The molecular weight excluding hydrogens is 280 g/mol. The summed E-state index contributed by atoms with van der Waals surface area (Å²) in [6.07, 6.45) is 6.80. The van der Waals surface area contributed by atoms with E-state index in [0.717, 1.165) is 45.4 Å². The highest BCUT2D eigenvalue weighted by molar-refractivity contribution is 5.79. The SMILES string of the molecule is COCCN1C2CCC1CC(N(C)C(=O)C1CCCOC1)C2. The van der Waals surface area contributed by atoms with E-state index in [-0.39, 0.29) is 5.92 Å². The Hall–Kier alpha value is -0.650. The highest BCUT2D eigenvalue weighted by Crippen LogP contribution is 2.37.